The van der Waals surface area contributed by atoms with E-state index < -0.39 is 0 Å². The van der Waals surface area contributed by atoms with Gasteiger partial charge in [0.2, 0.25) is 0 Å². The van der Waals surface area contributed by atoms with Crippen LogP contribution in [0, 0.1) is 5.41 Å². The SMILES string of the molecule is CCOC1CC(N[C@H](C)c2ccco2)C12CCC2. The molecule has 0 aromatic carbocycles. The summed E-state index contributed by atoms with van der Waals surface area (Å²) in [6.45, 7) is 5.12. The molecule has 100 valence electrons. The monoisotopic (exact) mass is 249 g/mol. The van der Waals surface area contributed by atoms with Gasteiger partial charge in [-0.05, 0) is 45.2 Å². The van der Waals surface area contributed by atoms with Gasteiger partial charge in [0.15, 0.2) is 0 Å². The topological polar surface area (TPSA) is 34.4 Å². The van der Waals surface area contributed by atoms with Crippen molar-refractivity contribution in [2.45, 2.75) is 57.7 Å². The van der Waals surface area contributed by atoms with Crippen LogP contribution in [0.15, 0.2) is 22.8 Å². The van der Waals surface area contributed by atoms with E-state index in [-0.39, 0.29) is 0 Å². The standard InChI is InChI=1S/C15H23NO2/c1-3-17-14-10-13(15(14)7-5-8-15)16-11(2)12-6-4-9-18-12/h4,6,9,11,13-14,16H,3,5,7-8,10H2,1-2H3/t11-,13?,14?/m1/s1. The molecule has 1 N–H and O–H groups in total. The van der Waals surface area contributed by atoms with Crippen LogP contribution in [0.5, 0.6) is 0 Å². The molecule has 2 aliphatic carbocycles. The van der Waals surface area contributed by atoms with Gasteiger partial charge >= 0.3 is 0 Å². The highest BCUT2D eigenvalue weighted by atomic mass is 16.5. The highest BCUT2D eigenvalue weighted by Gasteiger charge is 2.58. The molecule has 0 saturated heterocycles. The molecule has 3 heteroatoms. The lowest BCUT2D eigenvalue weighted by molar-refractivity contribution is -0.174. The third-order valence-corrected chi connectivity index (χ3v) is 4.86. The minimum atomic E-state index is 0.296. The van der Waals surface area contributed by atoms with E-state index in [2.05, 4.69) is 19.2 Å². The quantitative estimate of drug-likeness (QED) is 0.869. The molecular weight excluding hydrogens is 226 g/mol. The molecule has 1 spiro atoms. The fraction of sp³-hybridized carbons (Fsp3) is 0.733. The fourth-order valence-corrected chi connectivity index (χ4v) is 3.59. The predicted molar refractivity (Wildman–Crippen MR) is 70.4 cm³/mol. The molecule has 0 amide bonds. The van der Waals surface area contributed by atoms with Gasteiger partial charge in [-0.15, -0.1) is 0 Å². The van der Waals surface area contributed by atoms with E-state index in [1.54, 1.807) is 6.26 Å². The van der Waals surface area contributed by atoms with Crippen LogP contribution >= 0.6 is 0 Å². The second kappa shape index (κ2) is 4.71. The van der Waals surface area contributed by atoms with Gasteiger partial charge in [0.1, 0.15) is 5.76 Å². The fourth-order valence-electron chi connectivity index (χ4n) is 3.59. The van der Waals surface area contributed by atoms with Gasteiger partial charge in [-0.2, -0.15) is 0 Å². The smallest absolute Gasteiger partial charge is 0.120 e. The largest absolute Gasteiger partial charge is 0.468 e. The van der Waals surface area contributed by atoms with E-state index in [4.69, 9.17) is 9.15 Å². The lowest BCUT2D eigenvalue weighted by Crippen LogP contribution is -2.67. The summed E-state index contributed by atoms with van der Waals surface area (Å²) in [5, 5.41) is 3.73. The summed E-state index contributed by atoms with van der Waals surface area (Å²) < 4.78 is 11.3. The zero-order valence-corrected chi connectivity index (χ0v) is 11.3. The molecule has 3 atom stereocenters. The summed E-state index contributed by atoms with van der Waals surface area (Å²) in [5.41, 5.74) is 0.427. The molecule has 0 radical (unpaired) electrons. The number of hydrogen-bond donors (Lipinski definition) is 1. The number of ether oxygens (including phenoxy) is 1. The molecule has 3 rings (SSSR count). The van der Waals surface area contributed by atoms with E-state index in [1.807, 2.05) is 12.1 Å². The summed E-state index contributed by atoms with van der Waals surface area (Å²) in [5.74, 6) is 1.03. The van der Waals surface area contributed by atoms with Crippen molar-refractivity contribution in [1.82, 2.24) is 5.32 Å². The second-order valence-corrected chi connectivity index (χ2v) is 5.72. The van der Waals surface area contributed by atoms with Crippen LogP contribution in [-0.4, -0.2) is 18.8 Å². The highest BCUT2D eigenvalue weighted by molar-refractivity contribution is 5.14. The minimum absolute atomic E-state index is 0.296. The maximum atomic E-state index is 5.87. The minimum Gasteiger partial charge on any atom is -0.468 e. The molecule has 3 nitrogen and oxygen atoms in total. The molecule has 18 heavy (non-hydrogen) atoms. The van der Waals surface area contributed by atoms with Gasteiger partial charge in [0, 0.05) is 18.1 Å². The number of rotatable bonds is 5. The van der Waals surface area contributed by atoms with Crippen molar-refractivity contribution in [3.63, 3.8) is 0 Å². The van der Waals surface area contributed by atoms with E-state index in [1.165, 1.54) is 19.3 Å². The average Bonchev–Trinajstić information content (AvgIpc) is 2.78. The van der Waals surface area contributed by atoms with Crippen molar-refractivity contribution in [3.8, 4) is 0 Å². The normalized spacial score (nSPS) is 30.8. The summed E-state index contributed by atoms with van der Waals surface area (Å²) in [6, 6.07) is 4.90. The summed E-state index contributed by atoms with van der Waals surface area (Å²) in [7, 11) is 0. The Kier molecular flexibility index (Phi) is 3.20. The predicted octanol–water partition coefficient (Wildman–Crippen LogP) is 3.28. The van der Waals surface area contributed by atoms with Crippen molar-refractivity contribution >= 4 is 0 Å². The Labute approximate surface area is 109 Å². The summed E-state index contributed by atoms with van der Waals surface area (Å²) >= 11 is 0. The maximum absolute atomic E-state index is 5.87. The lowest BCUT2D eigenvalue weighted by Gasteiger charge is -2.61. The Morgan fingerprint density at radius 2 is 2.39 bits per heavy atom. The highest BCUT2D eigenvalue weighted by Crippen LogP contribution is 2.57. The second-order valence-electron chi connectivity index (χ2n) is 5.72. The Morgan fingerprint density at radius 3 is 2.94 bits per heavy atom. The van der Waals surface area contributed by atoms with E-state index in [0.717, 1.165) is 18.8 Å². The first-order chi connectivity index (χ1) is 8.76. The first kappa shape index (κ1) is 12.2. The van der Waals surface area contributed by atoms with Gasteiger partial charge in [0.05, 0.1) is 18.4 Å². The van der Waals surface area contributed by atoms with Crippen LogP contribution in [-0.2, 0) is 4.74 Å². The van der Waals surface area contributed by atoms with Crippen molar-refractivity contribution in [2.24, 2.45) is 5.41 Å². The lowest BCUT2D eigenvalue weighted by atomic mass is 9.51. The van der Waals surface area contributed by atoms with Crippen molar-refractivity contribution in [2.75, 3.05) is 6.61 Å². The Balaban J connectivity index is 1.61. The number of furan rings is 1. The molecule has 2 fully saturated rings. The van der Waals surface area contributed by atoms with Gasteiger partial charge in [0.25, 0.3) is 0 Å². The van der Waals surface area contributed by atoms with Gasteiger partial charge in [-0.25, -0.2) is 0 Å². The van der Waals surface area contributed by atoms with E-state index >= 15 is 0 Å². The average molecular weight is 249 g/mol. The third kappa shape index (κ3) is 1.81. The van der Waals surface area contributed by atoms with Crippen LogP contribution in [0.2, 0.25) is 0 Å². The zero-order valence-electron chi connectivity index (χ0n) is 11.3. The van der Waals surface area contributed by atoms with Crippen molar-refractivity contribution in [1.29, 1.82) is 0 Å². The van der Waals surface area contributed by atoms with Crippen molar-refractivity contribution in [3.05, 3.63) is 24.2 Å². The van der Waals surface area contributed by atoms with Crippen LogP contribution in [0.3, 0.4) is 0 Å². The number of nitrogens with one attached hydrogen (secondary N) is 1. The first-order valence-electron chi connectivity index (χ1n) is 7.17. The molecule has 0 bridgehead atoms. The van der Waals surface area contributed by atoms with Gasteiger partial charge < -0.3 is 14.5 Å². The van der Waals surface area contributed by atoms with E-state index in [0.29, 0.717) is 23.6 Å². The Morgan fingerprint density at radius 1 is 1.56 bits per heavy atom. The van der Waals surface area contributed by atoms with Crippen molar-refractivity contribution < 1.29 is 9.15 Å². The zero-order chi connectivity index (χ0) is 12.6. The van der Waals surface area contributed by atoms with Gasteiger partial charge in [-0.3, -0.25) is 0 Å². The van der Waals surface area contributed by atoms with Crippen LogP contribution in [0.4, 0.5) is 0 Å². The van der Waals surface area contributed by atoms with Crippen LogP contribution < -0.4 is 5.32 Å². The molecule has 0 aliphatic heterocycles. The molecule has 1 aromatic rings. The molecule has 2 unspecified atom stereocenters. The van der Waals surface area contributed by atoms with Gasteiger partial charge in [-0.1, -0.05) is 6.42 Å². The molecular formula is C15H23NO2. The molecule has 2 saturated carbocycles. The summed E-state index contributed by atoms with van der Waals surface area (Å²) in [6.07, 6.45) is 7.38. The Hall–Kier alpha value is -0.800. The third-order valence-electron chi connectivity index (χ3n) is 4.86. The Bertz CT molecular complexity index is 383. The number of hydrogen-bond acceptors (Lipinski definition) is 3. The molecule has 1 heterocycles. The maximum Gasteiger partial charge on any atom is 0.120 e. The molecule has 1 aromatic heterocycles. The summed E-state index contributed by atoms with van der Waals surface area (Å²) in [4.78, 5) is 0. The van der Waals surface area contributed by atoms with E-state index in [9.17, 15) is 0 Å². The first-order valence-corrected chi connectivity index (χ1v) is 7.17. The molecule has 2 aliphatic rings. The van der Waals surface area contributed by atoms with Crippen LogP contribution in [0.1, 0.15) is 51.3 Å². The van der Waals surface area contributed by atoms with Crippen LogP contribution in [0.25, 0.3) is 0 Å².